The molecule has 4 N–H and O–H groups in total. The largest absolute Gasteiger partial charge is 0.370 e. The Balaban J connectivity index is 2.19. The predicted octanol–water partition coefficient (Wildman–Crippen LogP) is 3.63. The summed E-state index contributed by atoms with van der Waals surface area (Å²) in [6.07, 6.45) is 2.51. The topological polar surface area (TPSA) is 76.8 Å². The molecule has 0 aliphatic carbocycles. The van der Waals surface area contributed by atoms with Crippen LogP contribution < -0.4 is 11.5 Å². The van der Waals surface area contributed by atoms with Crippen LogP contribution in [0.2, 0.25) is 0 Å². The van der Waals surface area contributed by atoms with Gasteiger partial charge in [-0.1, -0.05) is 45.0 Å². The Kier molecular flexibility index (Phi) is 4.73. The maximum atomic E-state index is 5.38. The lowest BCUT2D eigenvalue weighted by molar-refractivity contribution is 0.590. The molecular formula is C19H26N4. The lowest BCUT2D eigenvalue weighted by Crippen LogP contribution is -2.21. The van der Waals surface area contributed by atoms with Crippen molar-refractivity contribution in [2.45, 2.75) is 46.5 Å². The molecule has 0 spiro atoms. The van der Waals surface area contributed by atoms with E-state index in [1.54, 1.807) is 6.20 Å². The van der Waals surface area contributed by atoms with Crippen molar-refractivity contribution >= 4 is 11.7 Å². The highest BCUT2D eigenvalue weighted by atomic mass is 15.0. The van der Waals surface area contributed by atoms with Crippen molar-refractivity contribution in [1.82, 2.24) is 0 Å². The average Bonchev–Trinajstić information content (AvgIpc) is 2.86. The van der Waals surface area contributed by atoms with Crippen LogP contribution >= 0.6 is 0 Å². The molecule has 0 saturated heterocycles. The fourth-order valence-corrected chi connectivity index (χ4v) is 2.61. The number of rotatable bonds is 3. The molecule has 1 aliphatic heterocycles. The van der Waals surface area contributed by atoms with E-state index >= 15 is 0 Å². The molecule has 4 heteroatoms. The van der Waals surface area contributed by atoms with Crippen LogP contribution in [0.4, 0.5) is 0 Å². The van der Waals surface area contributed by atoms with Gasteiger partial charge in [-0.25, -0.2) is 4.99 Å². The van der Waals surface area contributed by atoms with E-state index in [-0.39, 0.29) is 11.4 Å². The Morgan fingerprint density at radius 1 is 1.17 bits per heavy atom. The van der Waals surface area contributed by atoms with Crippen LogP contribution in [-0.4, -0.2) is 11.7 Å². The number of guanidine groups is 1. The number of nitrogens with zero attached hydrogens (tertiary/aromatic N) is 2. The van der Waals surface area contributed by atoms with Crippen LogP contribution in [0.5, 0.6) is 0 Å². The van der Waals surface area contributed by atoms with Crippen LogP contribution in [0.15, 0.2) is 57.3 Å². The molecule has 23 heavy (non-hydrogen) atoms. The number of benzene rings is 1. The van der Waals surface area contributed by atoms with Gasteiger partial charge in [0.1, 0.15) is 0 Å². The summed E-state index contributed by atoms with van der Waals surface area (Å²) in [6, 6.07) is 8.69. The van der Waals surface area contributed by atoms with Gasteiger partial charge in [-0.2, -0.15) is 0 Å². The molecule has 0 bridgehead atoms. The summed E-state index contributed by atoms with van der Waals surface area (Å²) >= 11 is 0. The lowest BCUT2D eigenvalue weighted by atomic mass is 9.86. The highest BCUT2D eigenvalue weighted by Crippen LogP contribution is 2.29. The number of aliphatic imine (C=N–C) groups is 2. The Hall–Kier alpha value is -2.36. The zero-order valence-electron chi connectivity index (χ0n) is 14.6. The summed E-state index contributed by atoms with van der Waals surface area (Å²) in [5.74, 6) is 0.0690. The molecule has 0 saturated carbocycles. The van der Waals surface area contributed by atoms with Crippen LogP contribution in [0, 0.1) is 0 Å². The van der Waals surface area contributed by atoms with Gasteiger partial charge in [0.25, 0.3) is 0 Å². The van der Waals surface area contributed by atoms with Crippen molar-refractivity contribution < 1.29 is 0 Å². The second-order valence-corrected chi connectivity index (χ2v) is 6.99. The first-order valence-corrected chi connectivity index (χ1v) is 7.82. The number of hydrogen-bond donors (Lipinski definition) is 2. The van der Waals surface area contributed by atoms with Gasteiger partial charge >= 0.3 is 0 Å². The molecular weight excluding hydrogens is 284 g/mol. The molecule has 0 radical (unpaired) electrons. The molecule has 1 aromatic rings. The van der Waals surface area contributed by atoms with E-state index in [4.69, 9.17) is 16.5 Å². The van der Waals surface area contributed by atoms with E-state index in [9.17, 15) is 0 Å². The minimum Gasteiger partial charge on any atom is -0.370 e. The van der Waals surface area contributed by atoms with E-state index in [1.807, 2.05) is 13.8 Å². The molecule has 0 aromatic heterocycles. The van der Waals surface area contributed by atoms with Gasteiger partial charge in [-0.3, -0.25) is 4.99 Å². The maximum Gasteiger partial charge on any atom is 0.190 e. The van der Waals surface area contributed by atoms with Crippen molar-refractivity contribution in [2.24, 2.45) is 21.5 Å². The van der Waals surface area contributed by atoms with E-state index in [1.165, 1.54) is 16.7 Å². The molecule has 1 aromatic carbocycles. The molecule has 122 valence electrons. The molecule has 1 heterocycles. The van der Waals surface area contributed by atoms with Crippen molar-refractivity contribution in [1.29, 1.82) is 0 Å². The summed E-state index contributed by atoms with van der Waals surface area (Å²) in [5.41, 5.74) is 17.8. The molecule has 0 unspecified atom stereocenters. The molecule has 0 amide bonds. The van der Waals surface area contributed by atoms with E-state index in [0.29, 0.717) is 0 Å². The van der Waals surface area contributed by atoms with Crippen molar-refractivity contribution in [3.63, 3.8) is 0 Å². The summed E-state index contributed by atoms with van der Waals surface area (Å²) in [4.78, 5) is 8.69. The zero-order valence-corrected chi connectivity index (χ0v) is 14.6. The summed E-state index contributed by atoms with van der Waals surface area (Å²) in [7, 11) is 0. The fourth-order valence-electron chi connectivity index (χ4n) is 2.61. The van der Waals surface area contributed by atoms with Gasteiger partial charge in [0.05, 0.1) is 5.71 Å². The lowest BCUT2D eigenvalue weighted by Gasteiger charge is -2.19. The van der Waals surface area contributed by atoms with Crippen molar-refractivity contribution in [3.05, 3.63) is 58.4 Å². The Morgan fingerprint density at radius 2 is 1.78 bits per heavy atom. The number of nitrogens with two attached hydrogens (primary N) is 2. The third-order valence-corrected chi connectivity index (χ3v) is 4.05. The summed E-state index contributed by atoms with van der Waals surface area (Å²) < 4.78 is 0. The predicted molar refractivity (Wildman–Crippen MR) is 98.6 cm³/mol. The van der Waals surface area contributed by atoms with Gasteiger partial charge in [-0.15, -0.1) is 0 Å². The monoisotopic (exact) mass is 310 g/mol. The van der Waals surface area contributed by atoms with Gasteiger partial charge in [0, 0.05) is 18.3 Å². The molecule has 0 fully saturated rings. The van der Waals surface area contributed by atoms with Crippen LogP contribution in [0.1, 0.15) is 52.2 Å². The quantitative estimate of drug-likeness (QED) is 0.660. The first kappa shape index (κ1) is 17.0. The second kappa shape index (κ2) is 6.41. The van der Waals surface area contributed by atoms with Crippen LogP contribution in [0.3, 0.4) is 0 Å². The standard InChI is InChI=1S/C19H26N4/c1-12(11-22-18(20)21)16-10-17(23-13(16)2)14-6-8-15(9-7-14)19(3,4)5/h6-9,11H,10H2,1-5H3,(H4,20,21,22)/b12-11+. The normalized spacial score (nSPS) is 15.7. The SMILES string of the molecule is CC1=C(/C(C)=C/N=C(N)N)CC(c2ccc(C(C)(C)C)cc2)=N1. The number of hydrogen-bond acceptors (Lipinski definition) is 2. The Morgan fingerprint density at radius 3 is 2.30 bits per heavy atom. The smallest absolute Gasteiger partial charge is 0.190 e. The minimum absolute atomic E-state index is 0.0690. The van der Waals surface area contributed by atoms with Crippen molar-refractivity contribution in [2.75, 3.05) is 0 Å². The molecule has 1 aliphatic rings. The van der Waals surface area contributed by atoms with Gasteiger partial charge in [0.15, 0.2) is 5.96 Å². The van der Waals surface area contributed by atoms with Gasteiger partial charge in [-0.05, 0) is 41.5 Å². The Bertz CT molecular complexity index is 707. The van der Waals surface area contributed by atoms with Gasteiger partial charge < -0.3 is 11.5 Å². The highest BCUT2D eigenvalue weighted by molar-refractivity contribution is 6.04. The molecule has 0 atom stereocenters. The second-order valence-electron chi connectivity index (χ2n) is 6.99. The fraction of sp³-hybridized carbons (Fsp3) is 0.368. The van der Waals surface area contributed by atoms with Gasteiger partial charge in [0.2, 0.25) is 0 Å². The zero-order chi connectivity index (χ0) is 17.2. The number of allylic oxidation sites excluding steroid dienone is 3. The molecule has 4 nitrogen and oxygen atoms in total. The minimum atomic E-state index is 0.0690. The summed E-state index contributed by atoms with van der Waals surface area (Å²) in [5, 5.41) is 0. The molecule has 2 rings (SSSR count). The highest BCUT2D eigenvalue weighted by Gasteiger charge is 2.19. The third-order valence-electron chi connectivity index (χ3n) is 4.05. The van der Waals surface area contributed by atoms with E-state index in [0.717, 1.165) is 23.4 Å². The van der Waals surface area contributed by atoms with E-state index < -0.39 is 0 Å². The summed E-state index contributed by atoms with van der Waals surface area (Å²) in [6.45, 7) is 10.7. The first-order valence-electron chi connectivity index (χ1n) is 7.82. The first-order chi connectivity index (χ1) is 10.7. The van der Waals surface area contributed by atoms with E-state index in [2.05, 4.69) is 50.0 Å². The van der Waals surface area contributed by atoms with Crippen molar-refractivity contribution in [3.8, 4) is 0 Å². The third kappa shape index (κ3) is 4.09. The van der Waals surface area contributed by atoms with Crippen LogP contribution in [-0.2, 0) is 5.41 Å². The maximum absolute atomic E-state index is 5.38. The Labute approximate surface area is 138 Å². The van der Waals surface area contributed by atoms with Crippen LogP contribution in [0.25, 0.3) is 0 Å². The average molecular weight is 310 g/mol.